The van der Waals surface area contributed by atoms with Gasteiger partial charge in [0.2, 0.25) is 5.91 Å². The maximum Gasteiger partial charge on any atom is 0.309 e. The summed E-state index contributed by atoms with van der Waals surface area (Å²) in [6.07, 6.45) is 4.03. The van der Waals surface area contributed by atoms with Crippen molar-refractivity contribution < 1.29 is 14.7 Å². The number of amides is 1. The van der Waals surface area contributed by atoms with Crippen molar-refractivity contribution in [2.75, 3.05) is 33.2 Å². The highest BCUT2D eigenvalue weighted by Crippen LogP contribution is 2.43. The molecule has 0 radical (unpaired) electrons. The van der Waals surface area contributed by atoms with Gasteiger partial charge in [0.15, 0.2) is 0 Å². The number of piperidine rings is 2. The van der Waals surface area contributed by atoms with Crippen LogP contribution in [0.2, 0.25) is 0 Å². The van der Waals surface area contributed by atoms with Crippen LogP contribution in [0.3, 0.4) is 0 Å². The van der Waals surface area contributed by atoms with E-state index in [2.05, 4.69) is 40.1 Å². The van der Waals surface area contributed by atoms with Gasteiger partial charge in [-0.15, -0.1) is 0 Å². The Balaban J connectivity index is 1.31. The molecule has 152 valence electrons. The maximum absolute atomic E-state index is 12.2. The van der Waals surface area contributed by atoms with Crippen molar-refractivity contribution in [3.8, 4) is 0 Å². The minimum absolute atomic E-state index is 0.0185. The molecule has 1 atom stereocenters. The fraction of sp³-hybridized carbons (Fsp3) is 0.636. The summed E-state index contributed by atoms with van der Waals surface area (Å²) in [4.78, 5) is 30.7. The van der Waals surface area contributed by atoms with Gasteiger partial charge in [0, 0.05) is 39.1 Å². The third-order valence-electron chi connectivity index (χ3n) is 7.35. The number of hydrogen-bond donors (Lipinski definition) is 1. The van der Waals surface area contributed by atoms with Crippen LogP contribution in [-0.4, -0.2) is 76.5 Å². The topological polar surface area (TPSA) is 64.1 Å². The van der Waals surface area contributed by atoms with Crippen molar-refractivity contribution in [1.82, 2.24) is 14.7 Å². The molecule has 1 unspecified atom stereocenters. The number of hydrogen-bond acceptors (Lipinski definition) is 4. The van der Waals surface area contributed by atoms with Crippen LogP contribution in [0.15, 0.2) is 30.3 Å². The first-order valence-corrected chi connectivity index (χ1v) is 10.5. The van der Waals surface area contributed by atoms with Gasteiger partial charge in [0.25, 0.3) is 0 Å². The molecule has 1 N–H and O–H groups in total. The zero-order chi connectivity index (χ0) is 19.7. The van der Waals surface area contributed by atoms with E-state index in [1.165, 1.54) is 5.56 Å². The van der Waals surface area contributed by atoms with Crippen molar-refractivity contribution in [3.63, 3.8) is 0 Å². The van der Waals surface area contributed by atoms with Gasteiger partial charge >= 0.3 is 5.97 Å². The van der Waals surface area contributed by atoms with Crippen LogP contribution >= 0.6 is 0 Å². The highest BCUT2D eigenvalue weighted by atomic mass is 16.4. The number of carbonyl (C=O) groups excluding carboxylic acids is 1. The van der Waals surface area contributed by atoms with E-state index in [9.17, 15) is 14.7 Å². The number of aliphatic carboxylic acids is 1. The first-order valence-electron chi connectivity index (χ1n) is 10.5. The maximum atomic E-state index is 12.2. The van der Waals surface area contributed by atoms with E-state index in [0.717, 1.165) is 58.4 Å². The van der Waals surface area contributed by atoms with Gasteiger partial charge in [-0.05, 0) is 44.3 Å². The van der Waals surface area contributed by atoms with E-state index < -0.39 is 17.4 Å². The van der Waals surface area contributed by atoms with Crippen LogP contribution in [0.25, 0.3) is 0 Å². The van der Waals surface area contributed by atoms with E-state index in [-0.39, 0.29) is 12.3 Å². The predicted molar refractivity (Wildman–Crippen MR) is 107 cm³/mol. The van der Waals surface area contributed by atoms with Crippen molar-refractivity contribution in [2.45, 2.75) is 50.2 Å². The van der Waals surface area contributed by atoms with Crippen molar-refractivity contribution >= 4 is 11.9 Å². The average molecular weight is 386 g/mol. The van der Waals surface area contributed by atoms with Gasteiger partial charge in [0.05, 0.1) is 11.5 Å². The van der Waals surface area contributed by atoms with E-state index >= 15 is 0 Å². The molecule has 0 bridgehead atoms. The molecule has 0 aromatic heterocycles. The van der Waals surface area contributed by atoms with E-state index in [1.54, 1.807) is 11.9 Å². The summed E-state index contributed by atoms with van der Waals surface area (Å²) in [6.45, 7) is 5.02. The summed E-state index contributed by atoms with van der Waals surface area (Å²) < 4.78 is 0. The number of nitrogens with zero attached hydrogens (tertiary/aromatic N) is 3. The number of carbonyl (C=O) groups is 2. The quantitative estimate of drug-likeness (QED) is 0.859. The van der Waals surface area contributed by atoms with E-state index in [1.807, 2.05) is 0 Å². The molecule has 3 fully saturated rings. The highest BCUT2D eigenvalue weighted by Gasteiger charge is 2.55. The van der Waals surface area contributed by atoms with Crippen LogP contribution in [0.5, 0.6) is 0 Å². The molecular formula is C22H31N3O3. The average Bonchev–Trinajstić information content (AvgIpc) is 2.95. The number of rotatable bonds is 4. The summed E-state index contributed by atoms with van der Waals surface area (Å²) in [5, 5.41) is 9.63. The second-order valence-electron chi connectivity index (χ2n) is 8.68. The van der Waals surface area contributed by atoms with Gasteiger partial charge in [0.1, 0.15) is 0 Å². The Morgan fingerprint density at radius 1 is 1.11 bits per heavy atom. The van der Waals surface area contributed by atoms with E-state index in [4.69, 9.17) is 0 Å². The monoisotopic (exact) mass is 385 g/mol. The zero-order valence-corrected chi connectivity index (χ0v) is 16.7. The van der Waals surface area contributed by atoms with Crippen molar-refractivity contribution in [1.29, 1.82) is 0 Å². The van der Waals surface area contributed by atoms with Gasteiger partial charge in [-0.1, -0.05) is 30.3 Å². The van der Waals surface area contributed by atoms with Gasteiger partial charge < -0.3 is 14.9 Å². The van der Waals surface area contributed by atoms with Crippen LogP contribution in [0, 0.1) is 5.92 Å². The third-order valence-corrected chi connectivity index (χ3v) is 7.35. The Morgan fingerprint density at radius 3 is 2.36 bits per heavy atom. The fourth-order valence-corrected chi connectivity index (χ4v) is 5.55. The molecule has 1 aromatic rings. The number of carboxylic acids is 1. The largest absolute Gasteiger partial charge is 0.481 e. The van der Waals surface area contributed by atoms with Crippen LogP contribution in [-0.2, 0) is 16.1 Å². The number of benzene rings is 1. The lowest BCUT2D eigenvalue weighted by atomic mass is 9.76. The van der Waals surface area contributed by atoms with Crippen molar-refractivity contribution in [2.24, 2.45) is 5.92 Å². The molecule has 3 saturated heterocycles. The first kappa shape index (κ1) is 19.4. The molecule has 1 spiro atoms. The van der Waals surface area contributed by atoms with E-state index in [0.29, 0.717) is 6.04 Å². The van der Waals surface area contributed by atoms with Crippen LogP contribution in [0.4, 0.5) is 0 Å². The minimum Gasteiger partial charge on any atom is -0.481 e. The third kappa shape index (κ3) is 3.55. The first-order chi connectivity index (χ1) is 13.5. The molecule has 3 aliphatic heterocycles. The van der Waals surface area contributed by atoms with Gasteiger partial charge in [-0.3, -0.25) is 14.5 Å². The lowest BCUT2D eigenvalue weighted by molar-refractivity contribution is -0.146. The summed E-state index contributed by atoms with van der Waals surface area (Å²) >= 11 is 0. The molecule has 4 rings (SSSR count). The molecule has 1 amide bonds. The molecule has 6 heteroatoms. The second kappa shape index (κ2) is 7.84. The molecular weight excluding hydrogens is 354 g/mol. The SMILES string of the molecule is CN1C(=O)CC(C(=O)O)C12CCN(C1CCN(Cc3ccccc3)CC1)CC2. The number of carboxylic acid groups (broad SMARTS) is 1. The van der Waals surface area contributed by atoms with Crippen molar-refractivity contribution in [3.05, 3.63) is 35.9 Å². The molecule has 28 heavy (non-hydrogen) atoms. The summed E-state index contributed by atoms with van der Waals surface area (Å²) in [6, 6.07) is 11.2. The highest BCUT2D eigenvalue weighted by molar-refractivity contribution is 5.88. The summed E-state index contributed by atoms with van der Waals surface area (Å²) in [7, 11) is 1.79. The molecule has 3 heterocycles. The molecule has 1 aromatic carbocycles. The van der Waals surface area contributed by atoms with Gasteiger partial charge in [-0.2, -0.15) is 0 Å². The molecule has 6 nitrogen and oxygen atoms in total. The Hall–Kier alpha value is -1.92. The Labute approximate surface area is 167 Å². The van der Waals surface area contributed by atoms with Crippen LogP contribution in [0.1, 0.15) is 37.7 Å². The lowest BCUT2D eigenvalue weighted by Crippen LogP contribution is -2.58. The van der Waals surface area contributed by atoms with Crippen LogP contribution < -0.4 is 0 Å². The Kier molecular flexibility index (Phi) is 5.43. The minimum atomic E-state index is -0.819. The summed E-state index contributed by atoms with van der Waals surface area (Å²) in [5.74, 6) is -1.39. The Morgan fingerprint density at radius 2 is 1.75 bits per heavy atom. The smallest absolute Gasteiger partial charge is 0.309 e. The van der Waals surface area contributed by atoms with Gasteiger partial charge in [-0.25, -0.2) is 0 Å². The summed E-state index contributed by atoms with van der Waals surface area (Å²) in [5.41, 5.74) is 0.891. The molecule has 0 aliphatic carbocycles. The Bertz CT molecular complexity index is 707. The molecule has 0 saturated carbocycles. The lowest BCUT2D eigenvalue weighted by Gasteiger charge is -2.48. The standard InChI is InChI=1S/C22H31N3O3/c1-23-20(26)15-19(21(27)28)22(23)9-13-25(14-10-22)18-7-11-24(12-8-18)16-17-5-3-2-4-6-17/h2-6,18-19H,7-16H2,1H3,(H,27,28). The second-order valence-corrected chi connectivity index (χ2v) is 8.68. The predicted octanol–water partition coefficient (Wildman–Crippen LogP) is 2.05. The normalized spacial score (nSPS) is 26.8. The number of likely N-dealkylation sites (tertiary alicyclic amines) is 3. The molecule has 3 aliphatic rings. The fourth-order valence-electron chi connectivity index (χ4n) is 5.55. The zero-order valence-electron chi connectivity index (χ0n) is 16.7.